The molecule has 1 radical (unpaired) electrons. The Bertz CT molecular complexity index is 8.00. The smallest absolute Gasteiger partial charge is 0 e. The predicted octanol–water partition coefficient (Wildman–Crippen LogP) is -0.00750. The van der Waals surface area contributed by atoms with Crippen LogP contribution in [0, 0.1) is 41.7 Å². The summed E-state index contributed by atoms with van der Waals surface area (Å²) in [7, 11) is 0. The van der Waals surface area contributed by atoms with Gasteiger partial charge in [-0.3, -0.25) is 0 Å². The molecule has 0 aliphatic rings. The molecule has 0 aromatic heterocycles. The third kappa shape index (κ3) is 9.33. The van der Waals surface area contributed by atoms with Crippen molar-refractivity contribution in [3.05, 3.63) is 0 Å². The summed E-state index contributed by atoms with van der Waals surface area (Å²) in [5.41, 5.74) is 0. The summed E-state index contributed by atoms with van der Waals surface area (Å²) in [6.07, 6.45) is 0. The third-order valence-corrected chi connectivity index (χ3v) is 0. The van der Waals surface area contributed by atoms with Gasteiger partial charge in [-0.1, -0.05) is 0 Å². The van der Waals surface area contributed by atoms with Crippen LogP contribution in [0.3, 0.4) is 0 Å². The van der Waals surface area contributed by atoms with Gasteiger partial charge in [-0.05, 0) is 0 Å². The Labute approximate surface area is 114 Å². The van der Waals surface area contributed by atoms with Crippen LogP contribution in [0.2, 0.25) is 0 Å². The second kappa shape index (κ2) is 15.8. The molecular weight excluding hydrogens is 452 g/mol. The number of hydrogen-bond donors (Lipinski definition) is 0. The quantitative estimate of drug-likeness (QED) is 0.455. The van der Waals surface area contributed by atoms with E-state index in [-0.39, 0.29) is 118 Å². The van der Waals surface area contributed by atoms with Crippen molar-refractivity contribution in [2.75, 3.05) is 0 Å². The fourth-order valence-electron chi connectivity index (χ4n) is 0. The van der Waals surface area contributed by atoms with Crippen LogP contribution in [0.4, 0.5) is 0 Å². The van der Waals surface area contributed by atoms with Crippen LogP contribution in [0.15, 0.2) is 0 Å². The van der Waals surface area contributed by atoms with Crippen molar-refractivity contribution in [2.45, 2.75) is 0 Å². The van der Waals surface area contributed by atoms with Gasteiger partial charge in [0.15, 0.2) is 0 Å². The molecule has 0 N–H and O–H groups in total. The SMILES string of the molecule is [Ag].[Cd].[Ce].[Zr]. The summed E-state index contributed by atoms with van der Waals surface area (Å²) < 4.78 is 0. The Morgan fingerprint density at radius 3 is 1.00 bits per heavy atom. The van der Waals surface area contributed by atoms with Gasteiger partial charge in [0.25, 0.3) is 0 Å². The van der Waals surface area contributed by atoms with Gasteiger partial charge in [-0.15, -0.1) is 0 Å². The zero-order chi connectivity index (χ0) is 0. The van der Waals surface area contributed by atoms with Crippen LogP contribution in [-0.4, -0.2) is 0 Å². The largest absolute Gasteiger partial charge is 0 e. The molecule has 0 spiro atoms. The van der Waals surface area contributed by atoms with E-state index in [0.29, 0.717) is 0 Å². The molecule has 4 heteroatoms. The molecule has 0 aliphatic carbocycles. The average molecular weight is 452 g/mol. The van der Waals surface area contributed by atoms with E-state index < -0.39 is 0 Å². The van der Waals surface area contributed by atoms with E-state index in [2.05, 4.69) is 0 Å². The monoisotopic (exact) mass is 451 g/mol. The van der Waals surface area contributed by atoms with Gasteiger partial charge in [-0.2, -0.15) is 0 Å². The Balaban J connectivity index is 0. The maximum Gasteiger partial charge on any atom is 0 e. The maximum absolute atomic E-state index is 0. The Morgan fingerprint density at radius 2 is 1.00 bits per heavy atom. The van der Waals surface area contributed by atoms with E-state index in [4.69, 9.17) is 0 Å². The fraction of sp³-hybridized carbons (Fsp3) is 0. The summed E-state index contributed by atoms with van der Waals surface area (Å²) in [4.78, 5) is 0. The first kappa shape index (κ1) is 24.7. The van der Waals surface area contributed by atoms with Gasteiger partial charge in [0.05, 0.1) is 0 Å². The van der Waals surface area contributed by atoms with E-state index in [1.54, 1.807) is 0 Å². The second-order valence-corrected chi connectivity index (χ2v) is 0. The zero-order valence-corrected chi connectivity index (χ0v) is 13.1. The summed E-state index contributed by atoms with van der Waals surface area (Å²) >= 11 is 0. The van der Waals surface area contributed by atoms with Crippen molar-refractivity contribution in [2.24, 2.45) is 0 Å². The zero-order valence-electron chi connectivity index (χ0n) is 2.01. The molecule has 0 amide bonds. The van der Waals surface area contributed by atoms with Crippen molar-refractivity contribution in [3.8, 4) is 0 Å². The van der Waals surface area contributed by atoms with E-state index >= 15 is 0 Å². The summed E-state index contributed by atoms with van der Waals surface area (Å²) in [5, 5.41) is 0. The molecule has 4 heavy (non-hydrogen) atoms. The molecule has 0 nitrogen and oxygen atoms in total. The molecule has 0 aromatic rings. The van der Waals surface area contributed by atoms with Crippen LogP contribution < -0.4 is 0 Å². The second-order valence-electron chi connectivity index (χ2n) is 0. The molecule has 0 aromatic carbocycles. The van der Waals surface area contributed by atoms with Crippen molar-refractivity contribution in [3.63, 3.8) is 0 Å². The third-order valence-electron chi connectivity index (χ3n) is 0. The minimum absolute atomic E-state index is 0. The van der Waals surface area contributed by atoms with Crippen LogP contribution in [-0.2, 0) is 75.9 Å². The molecule has 0 fully saturated rings. The van der Waals surface area contributed by atoms with Gasteiger partial charge >= 0.3 is 0 Å². The summed E-state index contributed by atoms with van der Waals surface area (Å²) in [5.74, 6) is 0. The van der Waals surface area contributed by atoms with Crippen molar-refractivity contribution in [1.82, 2.24) is 0 Å². The van der Waals surface area contributed by atoms with Gasteiger partial charge in [-0.25, -0.2) is 0 Å². The van der Waals surface area contributed by atoms with Crippen LogP contribution >= 0.6 is 0 Å². The van der Waals surface area contributed by atoms with Crippen molar-refractivity contribution < 1.29 is 118 Å². The number of rotatable bonds is 0. The molecule has 0 saturated heterocycles. The van der Waals surface area contributed by atoms with E-state index in [1.807, 2.05) is 0 Å². The van der Waals surface area contributed by atoms with Gasteiger partial charge in [0, 0.05) is 118 Å². The van der Waals surface area contributed by atoms with E-state index in [9.17, 15) is 0 Å². The fourth-order valence-corrected chi connectivity index (χ4v) is 0. The minimum Gasteiger partial charge on any atom is 0 e. The molecule has 0 unspecified atom stereocenters. The topological polar surface area (TPSA) is 0 Å². The molecule has 0 rings (SSSR count). The summed E-state index contributed by atoms with van der Waals surface area (Å²) in [6.45, 7) is 0. The first-order valence-electron chi connectivity index (χ1n) is 0. The molecule has 0 atom stereocenters. The summed E-state index contributed by atoms with van der Waals surface area (Å²) in [6, 6.07) is 0. The van der Waals surface area contributed by atoms with Crippen molar-refractivity contribution in [1.29, 1.82) is 0 Å². The van der Waals surface area contributed by atoms with Crippen molar-refractivity contribution >= 4 is 0 Å². The minimum atomic E-state index is 0. The maximum atomic E-state index is 0. The molecule has 0 bridgehead atoms. The van der Waals surface area contributed by atoms with Gasteiger partial charge in [0.1, 0.15) is 0 Å². The average Bonchev–Trinajstić information content (AvgIpc) is 0. The predicted molar refractivity (Wildman–Crippen MR) is 0 cm³/mol. The Kier molecular flexibility index (Phi) is 97.4. The normalized spacial score (nSPS) is 0. The Hall–Kier alpha value is 3.92. The standard InChI is InChI=1S/Ag.Cd.Ce.Zr. The molecule has 0 heterocycles. The molecule has 0 saturated carbocycles. The van der Waals surface area contributed by atoms with Crippen LogP contribution in [0.25, 0.3) is 0 Å². The van der Waals surface area contributed by atoms with Gasteiger partial charge in [0.2, 0.25) is 0 Å². The Morgan fingerprint density at radius 1 is 1.00 bits per heavy atom. The van der Waals surface area contributed by atoms with E-state index in [1.165, 1.54) is 0 Å². The van der Waals surface area contributed by atoms with Crippen LogP contribution in [0.1, 0.15) is 0 Å². The van der Waals surface area contributed by atoms with Gasteiger partial charge < -0.3 is 0 Å². The molecule has 0 aliphatic heterocycles. The molecule has 21 valence electrons. The number of hydrogen-bond acceptors (Lipinski definition) is 0. The molecular formula is AgCdCeZr. The first-order chi connectivity index (χ1) is 0. The first-order valence-corrected chi connectivity index (χ1v) is 0. The van der Waals surface area contributed by atoms with Crippen LogP contribution in [0.5, 0.6) is 0 Å². The van der Waals surface area contributed by atoms with E-state index in [0.717, 1.165) is 0 Å².